The van der Waals surface area contributed by atoms with Crippen LogP contribution in [0, 0.1) is 0 Å². The molecule has 3 aromatic heterocycles. The van der Waals surface area contributed by atoms with Crippen molar-refractivity contribution in [3.8, 4) is 17.2 Å². The lowest BCUT2D eigenvalue weighted by Gasteiger charge is -2.12. The maximum Gasteiger partial charge on any atom is 0.230 e. The Bertz CT molecular complexity index is 1180. The van der Waals surface area contributed by atoms with E-state index in [1.165, 1.54) is 0 Å². The van der Waals surface area contributed by atoms with E-state index in [9.17, 15) is 4.79 Å². The Morgan fingerprint density at radius 3 is 2.83 bits per heavy atom. The first-order valence-electron chi connectivity index (χ1n) is 9.54. The number of nitrogens with zero attached hydrogens (tertiary/aromatic N) is 3. The third-order valence-corrected chi connectivity index (χ3v) is 4.62. The van der Waals surface area contributed by atoms with E-state index in [2.05, 4.69) is 25.5 Å². The summed E-state index contributed by atoms with van der Waals surface area (Å²) in [5.74, 6) is 2.16. The van der Waals surface area contributed by atoms with Gasteiger partial charge in [-0.1, -0.05) is 13.0 Å². The number of fused-ring (bicyclic) bond motifs is 1. The van der Waals surface area contributed by atoms with Gasteiger partial charge in [-0.25, -0.2) is 0 Å². The second-order valence-electron chi connectivity index (χ2n) is 6.63. The summed E-state index contributed by atoms with van der Waals surface area (Å²) in [6.45, 7) is 2.01. The summed E-state index contributed by atoms with van der Waals surface area (Å²) in [6.07, 6.45) is 6.03. The van der Waals surface area contributed by atoms with Gasteiger partial charge in [-0.3, -0.25) is 19.9 Å². The maximum absolute atomic E-state index is 12.4. The number of amides is 1. The molecule has 0 unspecified atom stereocenters. The van der Waals surface area contributed by atoms with Gasteiger partial charge in [0, 0.05) is 41.2 Å². The molecule has 4 rings (SSSR count). The van der Waals surface area contributed by atoms with Gasteiger partial charge in [0.05, 0.1) is 25.2 Å². The number of ether oxygens (including phenoxy) is 2. The molecule has 4 aromatic rings. The average molecular weight is 403 g/mol. The predicted molar refractivity (Wildman–Crippen MR) is 113 cm³/mol. The van der Waals surface area contributed by atoms with Gasteiger partial charge in [0.15, 0.2) is 5.82 Å². The summed E-state index contributed by atoms with van der Waals surface area (Å²) in [5.41, 5.74) is 2.46. The molecule has 152 valence electrons. The van der Waals surface area contributed by atoms with Crippen molar-refractivity contribution in [3.05, 3.63) is 66.2 Å². The van der Waals surface area contributed by atoms with Gasteiger partial charge < -0.3 is 14.8 Å². The summed E-state index contributed by atoms with van der Waals surface area (Å²) in [7, 11) is 1.56. The van der Waals surface area contributed by atoms with E-state index in [1.807, 2.05) is 31.2 Å². The highest BCUT2D eigenvalue weighted by Crippen LogP contribution is 2.32. The third-order valence-electron chi connectivity index (χ3n) is 4.62. The van der Waals surface area contributed by atoms with Gasteiger partial charge in [-0.2, -0.15) is 5.10 Å². The van der Waals surface area contributed by atoms with Gasteiger partial charge in [0.2, 0.25) is 5.91 Å². The van der Waals surface area contributed by atoms with Crippen LogP contribution in [0.1, 0.15) is 18.2 Å². The number of nitrogens with one attached hydrogen (secondary N) is 2. The summed E-state index contributed by atoms with van der Waals surface area (Å²) < 4.78 is 11.5. The van der Waals surface area contributed by atoms with Crippen LogP contribution in [-0.4, -0.2) is 33.2 Å². The van der Waals surface area contributed by atoms with Crippen molar-refractivity contribution >= 4 is 22.6 Å². The van der Waals surface area contributed by atoms with Gasteiger partial charge in [0.1, 0.15) is 17.2 Å². The lowest BCUT2D eigenvalue weighted by Crippen LogP contribution is -2.15. The van der Waals surface area contributed by atoms with Gasteiger partial charge >= 0.3 is 0 Å². The zero-order chi connectivity index (χ0) is 20.9. The van der Waals surface area contributed by atoms with Crippen LogP contribution in [0.4, 0.5) is 5.82 Å². The molecule has 0 aliphatic rings. The molecule has 8 nitrogen and oxygen atoms in total. The lowest BCUT2D eigenvalue weighted by molar-refractivity contribution is -0.115. The number of hydrogen-bond acceptors (Lipinski definition) is 6. The molecule has 0 atom stereocenters. The number of aryl methyl sites for hydroxylation is 1. The SMILES string of the molecule is CCc1cc(NC(=O)Cc2ccc(Oc3ccnc4cnccc34)cc2OC)n[nH]1. The van der Waals surface area contributed by atoms with Crippen LogP contribution in [0.25, 0.3) is 10.9 Å². The van der Waals surface area contributed by atoms with E-state index < -0.39 is 0 Å². The van der Waals surface area contributed by atoms with E-state index in [1.54, 1.807) is 37.8 Å². The van der Waals surface area contributed by atoms with E-state index in [-0.39, 0.29) is 12.3 Å². The van der Waals surface area contributed by atoms with E-state index in [4.69, 9.17) is 9.47 Å². The Balaban J connectivity index is 1.50. The molecule has 0 spiro atoms. The molecule has 0 bridgehead atoms. The predicted octanol–water partition coefficient (Wildman–Crippen LogP) is 3.90. The van der Waals surface area contributed by atoms with Crippen molar-refractivity contribution in [1.29, 1.82) is 0 Å². The highest BCUT2D eigenvalue weighted by molar-refractivity contribution is 5.91. The van der Waals surface area contributed by atoms with Gasteiger partial charge in [-0.15, -0.1) is 0 Å². The minimum absolute atomic E-state index is 0.154. The van der Waals surface area contributed by atoms with Crippen LogP contribution >= 0.6 is 0 Å². The van der Waals surface area contributed by atoms with Crippen LogP contribution < -0.4 is 14.8 Å². The quantitative estimate of drug-likeness (QED) is 0.485. The minimum Gasteiger partial charge on any atom is -0.496 e. The fourth-order valence-corrected chi connectivity index (χ4v) is 3.09. The van der Waals surface area contributed by atoms with Gasteiger partial charge in [0.25, 0.3) is 0 Å². The molecule has 0 radical (unpaired) electrons. The molecule has 3 heterocycles. The molecule has 0 saturated heterocycles. The van der Waals surface area contributed by atoms with Crippen LogP contribution in [-0.2, 0) is 17.6 Å². The smallest absolute Gasteiger partial charge is 0.230 e. The minimum atomic E-state index is -0.177. The number of benzene rings is 1. The van der Waals surface area contributed by atoms with E-state index >= 15 is 0 Å². The molecule has 0 fully saturated rings. The number of anilines is 1. The van der Waals surface area contributed by atoms with Crippen molar-refractivity contribution in [2.24, 2.45) is 0 Å². The second kappa shape index (κ2) is 8.60. The molecule has 0 aliphatic heterocycles. The second-order valence-corrected chi connectivity index (χ2v) is 6.63. The number of H-pyrrole nitrogens is 1. The van der Waals surface area contributed by atoms with Crippen molar-refractivity contribution in [2.75, 3.05) is 12.4 Å². The number of pyridine rings is 2. The Morgan fingerprint density at radius 1 is 1.13 bits per heavy atom. The Labute approximate surface area is 173 Å². The van der Waals surface area contributed by atoms with Crippen LogP contribution in [0.15, 0.2) is 55.0 Å². The Morgan fingerprint density at radius 2 is 2.03 bits per heavy atom. The molecular formula is C22H21N5O3. The largest absolute Gasteiger partial charge is 0.496 e. The zero-order valence-electron chi connectivity index (χ0n) is 16.7. The van der Waals surface area contributed by atoms with Crippen LogP contribution in [0.5, 0.6) is 17.2 Å². The molecule has 1 aromatic carbocycles. The monoisotopic (exact) mass is 403 g/mol. The molecule has 2 N–H and O–H groups in total. The van der Waals surface area contributed by atoms with Crippen LogP contribution in [0.2, 0.25) is 0 Å². The molecule has 8 heteroatoms. The molecule has 0 aliphatic carbocycles. The van der Waals surface area contributed by atoms with Crippen molar-refractivity contribution < 1.29 is 14.3 Å². The van der Waals surface area contributed by atoms with Crippen molar-refractivity contribution in [1.82, 2.24) is 20.2 Å². The fourth-order valence-electron chi connectivity index (χ4n) is 3.09. The Hall–Kier alpha value is -3.94. The lowest BCUT2D eigenvalue weighted by atomic mass is 10.1. The summed E-state index contributed by atoms with van der Waals surface area (Å²) >= 11 is 0. The van der Waals surface area contributed by atoms with Crippen molar-refractivity contribution in [3.63, 3.8) is 0 Å². The average Bonchev–Trinajstić information content (AvgIpc) is 3.22. The normalized spacial score (nSPS) is 10.7. The van der Waals surface area contributed by atoms with E-state index in [0.29, 0.717) is 23.1 Å². The number of hydrogen-bond donors (Lipinski definition) is 2. The first-order valence-corrected chi connectivity index (χ1v) is 9.54. The van der Waals surface area contributed by atoms with Crippen LogP contribution in [0.3, 0.4) is 0 Å². The summed E-state index contributed by atoms with van der Waals surface area (Å²) in [5, 5.41) is 10.6. The summed E-state index contributed by atoms with van der Waals surface area (Å²) in [6, 6.07) is 10.9. The number of carbonyl (C=O) groups excluding carboxylic acids is 1. The first-order chi connectivity index (χ1) is 14.7. The molecular weight excluding hydrogens is 382 g/mol. The standard InChI is InChI=1S/C22H21N5O3/c1-3-15-11-21(27-26-15)25-22(28)10-14-4-5-16(12-20(14)29-2)30-19-7-9-24-18-13-23-8-6-17(18)19/h4-9,11-13H,3,10H2,1-2H3,(H2,25,26,27,28). The number of aromatic amines is 1. The number of aromatic nitrogens is 4. The highest BCUT2D eigenvalue weighted by Gasteiger charge is 2.13. The number of carbonyl (C=O) groups is 1. The van der Waals surface area contributed by atoms with Gasteiger partial charge in [-0.05, 0) is 24.6 Å². The zero-order valence-corrected chi connectivity index (χ0v) is 16.7. The molecule has 1 amide bonds. The Kier molecular flexibility index (Phi) is 5.56. The first kappa shape index (κ1) is 19.4. The topological polar surface area (TPSA) is 102 Å². The number of methoxy groups -OCH3 is 1. The number of rotatable bonds is 7. The maximum atomic E-state index is 12.4. The highest BCUT2D eigenvalue weighted by atomic mass is 16.5. The fraction of sp³-hybridized carbons (Fsp3) is 0.182. The van der Waals surface area contributed by atoms with Crippen molar-refractivity contribution in [2.45, 2.75) is 19.8 Å². The van der Waals surface area contributed by atoms with E-state index in [0.717, 1.165) is 28.6 Å². The third kappa shape index (κ3) is 4.22. The molecule has 0 saturated carbocycles. The molecule has 30 heavy (non-hydrogen) atoms. The summed E-state index contributed by atoms with van der Waals surface area (Å²) in [4.78, 5) is 20.8.